The molecule has 2 N–H and O–H groups in total. The van der Waals surface area contributed by atoms with Crippen LogP contribution in [0.3, 0.4) is 0 Å². The molecule has 0 spiro atoms. The summed E-state index contributed by atoms with van der Waals surface area (Å²) in [4.78, 5) is 24.5. The lowest BCUT2D eigenvalue weighted by atomic mass is 10.1. The molecular weight excluding hydrogens is 476 g/mol. The molecule has 0 aromatic carbocycles. The third kappa shape index (κ3) is 5.75. The summed E-state index contributed by atoms with van der Waals surface area (Å²) in [5.74, 6) is 0.900. The van der Waals surface area contributed by atoms with Crippen LogP contribution in [0.15, 0.2) is 63.7 Å². The van der Waals surface area contributed by atoms with Crippen molar-refractivity contribution in [3.05, 3.63) is 58.7 Å². The minimum absolute atomic E-state index is 0.0895. The Bertz CT molecular complexity index is 1140. The zero-order valence-electron chi connectivity index (χ0n) is 21.6. The number of aliphatic imine (C=N–C) groups is 1. The Morgan fingerprint density at radius 3 is 2.67 bits per heavy atom. The fraction of sp³-hybridized carbons (Fsp3) is 0.538. The number of fused-ring (bicyclic) bond motifs is 1. The molecular formula is C26H38N6O3S. The molecule has 4 rings (SSSR count). The quantitative estimate of drug-likeness (QED) is 0.537. The summed E-state index contributed by atoms with van der Waals surface area (Å²) in [6.07, 6.45) is 16.1. The Morgan fingerprint density at radius 1 is 1.22 bits per heavy atom. The van der Waals surface area contributed by atoms with Crippen molar-refractivity contribution in [1.82, 2.24) is 25.3 Å². The van der Waals surface area contributed by atoms with Crippen LogP contribution in [0.1, 0.15) is 40.0 Å². The summed E-state index contributed by atoms with van der Waals surface area (Å²) in [7, 11) is -3.22. The van der Waals surface area contributed by atoms with Crippen LogP contribution in [0.5, 0.6) is 0 Å². The molecule has 1 saturated heterocycles. The third-order valence-corrected chi connectivity index (χ3v) is 8.54. The predicted octanol–water partition coefficient (Wildman–Crippen LogP) is 2.07. The maximum Gasteiger partial charge on any atom is 0.244 e. The first-order chi connectivity index (χ1) is 17.2. The van der Waals surface area contributed by atoms with E-state index in [0.29, 0.717) is 23.8 Å². The summed E-state index contributed by atoms with van der Waals surface area (Å²) < 4.78 is 23.9. The summed E-state index contributed by atoms with van der Waals surface area (Å²) in [5, 5.41) is 6.98. The van der Waals surface area contributed by atoms with Gasteiger partial charge in [0.1, 0.15) is 18.0 Å². The number of hydrogen-bond donors (Lipinski definition) is 2. The van der Waals surface area contributed by atoms with Gasteiger partial charge in [-0.3, -0.25) is 14.7 Å². The van der Waals surface area contributed by atoms with Crippen LogP contribution in [0.25, 0.3) is 0 Å². The molecule has 3 unspecified atom stereocenters. The van der Waals surface area contributed by atoms with E-state index in [1.807, 2.05) is 47.4 Å². The van der Waals surface area contributed by atoms with Crippen LogP contribution in [-0.2, 0) is 14.6 Å². The summed E-state index contributed by atoms with van der Waals surface area (Å²) in [6.45, 7) is 9.62. The second kappa shape index (κ2) is 11.0. The lowest BCUT2D eigenvalue weighted by Gasteiger charge is -2.39. The monoisotopic (exact) mass is 514 g/mol. The smallest absolute Gasteiger partial charge is 0.244 e. The summed E-state index contributed by atoms with van der Waals surface area (Å²) >= 11 is 0. The van der Waals surface area contributed by atoms with Gasteiger partial charge in [0.15, 0.2) is 9.84 Å². The molecule has 0 bridgehead atoms. The lowest BCUT2D eigenvalue weighted by Crippen LogP contribution is -2.55. The van der Waals surface area contributed by atoms with Crippen molar-refractivity contribution in [1.29, 1.82) is 0 Å². The molecule has 0 saturated carbocycles. The topological polar surface area (TPSA) is 97.3 Å². The van der Waals surface area contributed by atoms with Gasteiger partial charge < -0.3 is 20.4 Å². The zero-order valence-corrected chi connectivity index (χ0v) is 22.5. The van der Waals surface area contributed by atoms with Gasteiger partial charge in [-0.15, -0.1) is 0 Å². The van der Waals surface area contributed by atoms with Gasteiger partial charge in [0.25, 0.3) is 0 Å². The maximum absolute atomic E-state index is 13.4. The highest BCUT2D eigenvalue weighted by molar-refractivity contribution is 7.94. The van der Waals surface area contributed by atoms with Gasteiger partial charge >= 0.3 is 0 Å². The van der Waals surface area contributed by atoms with E-state index in [4.69, 9.17) is 0 Å². The van der Waals surface area contributed by atoms with Crippen molar-refractivity contribution >= 4 is 22.0 Å². The SMILES string of the molecule is CCC(C)N1CCN(C(=O)C(C)NC2=C(C3=CC/C=C(/S(C)(=O)=O)C/C=C\3)NC3C=NC=CN23)CC1. The van der Waals surface area contributed by atoms with Gasteiger partial charge in [0.05, 0.1) is 5.70 Å². The minimum atomic E-state index is -3.22. The average molecular weight is 515 g/mol. The fourth-order valence-corrected chi connectivity index (χ4v) is 5.68. The van der Waals surface area contributed by atoms with Gasteiger partial charge in [0.2, 0.25) is 5.91 Å². The number of piperazine rings is 1. The largest absolute Gasteiger partial charge is 0.358 e. The maximum atomic E-state index is 13.4. The highest BCUT2D eigenvalue weighted by atomic mass is 32.2. The van der Waals surface area contributed by atoms with Crippen molar-refractivity contribution < 1.29 is 13.2 Å². The van der Waals surface area contributed by atoms with Crippen molar-refractivity contribution in [2.45, 2.75) is 58.3 Å². The van der Waals surface area contributed by atoms with Crippen LogP contribution >= 0.6 is 0 Å². The van der Waals surface area contributed by atoms with E-state index < -0.39 is 15.9 Å². The Morgan fingerprint density at radius 2 is 1.97 bits per heavy atom. The van der Waals surface area contributed by atoms with Crippen LogP contribution in [0, 0.1) is 0 Å². The number of allylic oxidation sites excluding steroid dienone is 5. The Hall–Kier alpha value is -2.85. The van der Waals surface area contributed by atoms with Gasteiger partial charge in [-0.05, 0) is 32.3 Å². The van der Waals surface area contributed by atoms with E-state index in [1.165, 1.54) is 6.26 Å². The predicted molar refractivity (Wildman–Crippen MR) is 143 cm³/mol. The van der Waals surface area contributed by atoms with Crippen molar-refractivity contribution in [2.24, 2.45) is 4.99 Å². The van der Waals surface area contributed by atoms with Crippen LogP contribution in [-0.4, -0.2) is 85.9 Å². The third-order valence-electron chi connectivity index (χ3n) is 7.26. The molecule has 3 heterocycles. The molecule has 3 aliphatic heterocycles. The van der Waals surface area contributed by atoms with Crippen LogP contribution in [0.2, 0.25) is 0 Å². The summed E-state index contributed by atoms with van der Waals surface area (Å²) in [6, 6.07) is 0.126. The molecule has 196 valence electrons. The van der Waals surface area contributed by atoms with E-state index in [9.17, 15) is 13.2 Å². The van der Waals surface area contributed by atoms with Crippen molar-refractivity contribution in [3.63, 3.8) is 0 Å². The Kier molecular flexibility index (Phi) is 8.04. The first kappa shape index (κ1) is 26.2. The molecule has 1 aliphatic carbocycles. The fourth-order valence-electron chi connectivity index (χ4n) is 4.88. The molecule has 0 radical (unpaired) electrons. The second-order valence-corrected chi connectivity index (χ2v) is 11.8. The number of sulfone groups is 1. The molecule has 4 aliphatic rings. The average Bonchev–Trinajstić information content (AvgIpc) is 3.20. The number of carbonyl (C=O) groups is 1. The second-order valence-electron chi connectivity index (χ2n) is 9.75. The molecule has 36 heavy (non-hydrogen) atoms. The van der Waals surface area contributed by atoms with Gasteiger partial charge in [-0.1, -0.05) is 31.2 Å². The van der Waals surface area contributed by atoms with Crippen molar-refractivity contribution in [3.8, 4) is 0 Å². The highest BCUT2D eigenvalue weighted by Gasteiger charge is 2.34. The standard InChI is InChI=1S/C26H38N6O3S/c1-5-19(2)30-14-16-31(17-15-30)26(33)20(3)28-25-24(29-23-18-27-12-13-32(23)25)21-8-6-10-22(11-7-9-21)36(4,34)35/h6,8-9,11-13,18-20,23,28-29H,5,7,10,14-17H2,1-4H3/b8-6-,21-9?,22-11+. The number of hydrogen-bond acceptors (Lipinski definition) is 8. The molecule has 9 nitrogen and oxygen atoms in total. The normalized spacial score (nSPS) is 26.7. The van der Waals surface area contributed by atoms with Crippen LogP contribution in [0.4, 0.5) is 0 Å². The molecule has 3 atom stereocenters. The first-order valence-electron chi connectivity index (χ1n) is 12.7. The number of rotatable bonds is 7. The van der Waals surface area contributed by atoms with Gasteiger partial charge in [0, 0.05) is 68.4 Å². The number of carbonyl (C=O) groups excluding carboxylic acids is 1. The first-order valence-corrected chi connectivity index (χ1v) is 14.6. The van der Waals surface area contributed by atoms with E-state index in [1.54, 1.807) is 12.3 Å². The molecule has 1 fully saturated rings. The van der Waals surface area contributed by atoms with E-state index >= 15 is 0 Å². The summed E-state index contributed by atoms with van der Waals surface area (Å²) in [5.41, 5.74) is 1.81. The molecule has 10 heteroatoms. The molecule has 0 aromatic heterocycles. The van der Waals surface area contributed by atoms with Crippen molar-refractivity contribution in [2.75, 3.05) is 32.4 Å². The van der Waals surface area contributed by atoms with E-state index in [0.717, 1.165) is 49.7 Å². The minimum Gasteiger partial charge on any atom is -0.358 e. The van der Waals surface area contributed by atoms with Gasteiger partial charge in [-0.25, -0.2) is 8.42 Å². The van der Waals surface area contributed by atoms with E-state index in [-0.39, 0.29) is 12.1 Å². The highest BCUT2D eigenvalue weighted by Crippen LogP contribution is 2.28. The molecule has 1 amide bonds. The molecule has 0 aromatic rings. The Balaban J connectivity index is 1.52. The Labute approximate surface area is 214 Å². The number of amides is 1. The zero-order chi connectivity index (χ0) is 25.9. The lowest BCUT2D eigenvalue weighted by molar-refractivity contribution is -0.135. The number of nitrogens with one attached hydrogen (secondary N) is 2. The van der Waals surface area contributed by atoms with Gasteiger partial charge in [-0.2, -0.15) is 0 Å². The van der Waals surface area contributed by atoms with E-state index in [2.05, 4.69) is 34.4 Å². The van der Waals surface area contributed by atoms with Crippen LogP contribution < -0.4 is 10.6 Å². The number of nitrogens with zero attached hydrogens (tertiary/aromatic N) is 4.